The van der Waals surface area contributed by atoms with Crippen molar-refractivity contribution in [1.29, 1.82) is 0 Å². The molecule has 7 heteroatoms. The zero-order chi connectivity index (χ0) is 13.2. The molecule has 4 N–H and O–H groups in total. The first kappa shape index (κ1) is 13.5. The van der Waals surface area contributed by atoms with Crippen LogP contribution in [-0.4, -0.2) is 24.2 Å². The summed E-state index contributed by atoms with van der Waals surface area (Å²) in [7, 11) is -3.57. The topological polar surface area (TPSA) is 101 Å². The standard InChI is InChI=1S/C11H20N4O2S/c1-11(5-3-2-4-6-11)15-18(16,17)10-9(7-12)8-13-14-10/h8,15H,2-7,12H2,1H3,(H,13,14). The fourth-order valence-electron chi connectivity index (χ4n) is 2.49. The van der Waals surface area contributed by atoms with Crippen molar-refractivity contribution in [3.63, 3.8) is 0 Å². The Kier molecular flexibility index (Phi) is 3.74. The largest absolute Gasteiger partial charge is 0.326 e. The molecule has 1 aromatic rings. The van der Waals surface area contributed by atoms with Crippen LogP contribution in [0.25, 0.3) is 0 Å². The van der Waals surface area contributed by atoms with Gasteiger partial charge in [0, 0.05) is 17.6 Å². The average Bonchev–Trinajstić information content (AvgIpc) is 2.77. The maximum atomic E-state index is 12.3. The Morgan fingerprint density at radius 3 is 2.72 bits per heavy atom. The van der Waals surface area contributed by atoms with E-state index >= 15 is 0 Å². The van der Waals surface area contributed by atoms with Gasteiger partial charge in [-0.05, 0) is 19.8 Å². The van der Waals surface area contributed by atoms with Gasteiger partial charge in [0.2, 0.25) is 0 Å². The molecule has 0 amide bonds. The molecule has 1 aliphatic rings. The number of hydrogen-bond acceptors (Lipinski definition) is 4. The van der Waals surface area contributed by atoms with E-state index in [1.807, 2.05) is 6.92 Å². The van der Waals surface area contributed by atoms with Gasteiger partial charge in [-0.2, -0.15) is 5.10 Å². The molecule has 6 nitrogen and oxygen atoms in total. The molecule has 0 radical (unpaired) electrons. The SMILES string of the molecule is CC1(NS(=O)(=O)c2[nH]ncc2CN)CCCCC1. The number of nitrogens with two attached hydrogens (primary N) is 1. The number of H-pyrrole nitrogens is 1. The molecule has 1 aliphatic carbocycles. The van der Waals surface area contributed by atoms with Gasteiger partial charge in [0.05, 0.1) is 6.20 Å². The number of aromatic nitrogens is 2. The highest BCUT2D eigenvalue weighted by Gasteiger charge is 2.33. The molecule has 1 heterocycles. The van der Waals surface area contributed by atoms with Crippen molar-refractivity contribution < 1.29 is 8.42 Å². The number of rotatable bonds is 4. The summed E-state index contributed by atoms with van der Waals surface area (Å²) < 4.78 is 27.4. The Morgan fingerprint density at radius 1 is 1.44 bits per heavy atom. The van der Waals surface area contributed by atoms with E-state index in [1.54, 1.807) is 0 Å². The van der Waals surface area contributed by atoms with Crippen molar-refractivity contribution in [2.75, 3.05) is 0 Å². The summed E-state index contributed by atoms with van der Waals surface area (Å²) >= 11 is 0. The molecule has 1 saturated carbocycles. The lowest BCUT2D eigenvalue weighted by Crippen LogP contribution is -2.47. The summed E-state index contributed by atoms with van der Waals surface area (Å²) in [6.07, 6.45) is 6.50. The predicted octanol–water partition coefficient (Wildman–Crippen LogP) is 0.869. The van der Waals surface area contributed by atoms with Gasteiger partial charge in [-0.1, -0.05) is 19.3 Å². The maximum absolute atomic E-state index is 12.3. The third kappa shape index (κ3) is 2.73. The van der Waals surface area contributed by atoms with Crippen molar-refractivity contribution in [2.45, 2.75) is 56.1 Å². The highest BCUT2D eigenvalue weighted by molar-refractivity contribution is 7.89. The van der Waals surface area contributed by atoms with E-state index in [9.17, 15) is 8.42 Å². The Balaban J connectivity index is 2.21. The molecule has 0 unspecified atom stereocenters. The Labute approximate surface area is 107 Å². The molecular formula is C11H20N4O2S. The van der Waals surface area contributed by atoms with Gasteiger partial charge in [0.1, 0.15) is 0 Å². The van der Waals surface area contributed by atoms with Gasteiger partial charge in [-0.25, -0.2) is 13.1 Å². The van der Waals surface area contributed by atoms with Crippen LogP contribution in [0, 0.1) is 0 Å². The third-order valence-electron chi connectivity index (χ3n) is 3.50. The van der Waals surface area contributed by atoms with Gasteiger partial charge in [-0.3, -0.25) is 5.10 Å². The minimum Gasteiger partial charge on any atom is -0.326 e. The minimum absolute atomic E-state index is 0.0943. The summed E-state index contributed by atoms with van der Waals surface area (Å²) in [4.78, 5) is 0. The van der Waals surface area contributed by atoms with Crippen molar-refractivity contribution in [3.8, 4) is 0 Å². The fourth-order valence-corrected chi connectivity index (χ4v) is 4.10. The molecule has 1 fully saturated rings. The van der Waals surface area contributed by atoms with Gasteiger partial charge in [0.25, 0.3) is 10.0 Å². The zero-order valence-electron chi connectivity index (χ0n) is 10.6. The Bertz CT molecular complexity index is 503. The lowest BCUT2D eigenvalue weighted by molar-refractivity contribution is 0.293. The highest BCUT2D eigenvalue weighted by Crippen LogP contribution is 2.29. The second-order valence-electron chi connectivity index (χ2n) is 5.16. The molecule has 0 bridgehead atoms. The maximum Gasteiger partial charge on any atom is 0.258 e. The van der Waals surface area contributed by atoms with Crippen LogP contribution in [0.4, 0.5) is 0 Å². The molecule has 0 saturated heterocycles. The van der Waals surface area contributed by atoms with E-state index < -0.39 is 10.0 Å². The van der Waals surface area contributed by atoms with Crippen LogP contribution >= 0.6 is 0 Å². The smallest absolute Gasteiger partial charge is 0.258 e. The molecule has 0 aliphatic heterocycles. The fraction of sp³-hybridized carbons (Fsp3) is 0.727. The average molecular weight is 272 g/mol. The second-order valence-corrected chi connectivity index (χ2v) is 6.77. The van der Waals surface area contributed by atoms with Crippen molar-refractivity contribution >= 4 is 10.0 Å². The van der Waals surface area contributed by atoms with E-state index in [1.165, 1.54) is 12.6 Å². The number of nitrogens with one attached hydrogen (secondary N) is 2. The molecule has 2 rings (SSSR count). The number of aromatic amines is 1. The molecule has 102 valence electrons. The van der Waals surface area contributed by atoms with Crippen LogP contribution in [-0.2, 0) is 16.6 Å². The normalized spacial score (nSPS) is 19.9. The van der Waals surface area contributed by atoms with Crippen LogP contribution in [0.2, 0.25) is 0 Å². The monoisotopic (exact) mass is 272 g/mol. The first-order valence-electron chi connectivity index (χ1n) is 6.23. The summed E-state index contributed by atoms with van der Waals surface area (Å²) in [5.74, 6) is 0. The van der Waals surface area contributed by atoms with Crippen LogP contribution in [0.3, 0.4) is 0 Å². The molecule has 1 aromatic heterocycles. The first-order chi connectivity index (χ1) is 8.47. The highest BCUT2D eigenvalue weighted by atomic mass is 32.2. The van der Waals surface area contributed by atoms with E-state index in [0.29, 0.717) is 5.56 Å². The summed E-state index contributed by atoms with van der Waals surface area (Å²) in [6, 6.07) is 0. The lowest BCUT2D eigenvalue weighted by Gasteiger charge is -2.33. The van der Waals surface area contributed by atoms with Crippen LogP contribution in [0.15, 0.2) is 11.2 Å². The summed E-state index contributed by atoms with van der Waals surface area (Å²) in [5.41, 5.74) is 5.67. The van der Waals surface area contributed by atoms with Crippen LogP contribution < -0.4 is 10.5 Å². The zero-order valence-corrected chi connectivity index (χ0v) is 11.4. The summed E-state index contributed by atoms with van der Waals surface area (Å²) in [5, 5.41) is 6.37. The molecule has 18 heavy (non-hydrogen) atoms. The van der Waals surface area contributed by atoms with Gasteiger partial charge < -0.3 is 5.73 Å². The Hall–Kier alpha value is -0.920. The molecule has 0 atom stereocenters. The van der Waals surface area contributed by atoms with Crippen molar-refractivity contribution in [1.82, 2.24) is 14.9 Å². The summed E-state index contributed by atoms with van der Waals surface area (Å²) in [6.45, 7) is 2.12. The van der Waals surface area contributed by atoms with E-state index in [0.717, 1.165) is 25.7 Å². The number of hydrogen-bond donors (Lipinski definition) is 3. The quantitative estimate of drug-likeness (QED) is 0.757. The third-order valence-corrected chi connectivity index (χ3v) is 5.16. The molecule has 0 aromatic carbocycles. The van der Waals surface area contributed by atoms with E-state index in [-0.39, 0.29) is 17.1 Å². The molecule has 0 spiro atoms. The van der Waals surface area contributed by atoms with Crippen molar-refractivity contribution in [2.24, 2.45) is 5.73 Å². The van der Waals surface area contributed by atoms with E-state index in [4.69, 9.17) is 5.73 Å². The Morgan fingerprint density at radius 2 is 2.11 bits per heavy atom. The van der Waals surface area contributed by atoms with Crippen LogP contribution in [0.5, 0.6) is 0 Å². The van der Waals surface area contributed by atoms with Gasteiger partial charge >= 0.3 is 0 Å². The minimum atomic E-state index is -3.57. The second kappa shape index (κ2) is 4.99. The molecular weight excluding hydrogens is 252 g/mol. The number of sulfonamides is 1. The van der Waals surface area contributed by atoms with Crippen molar-refractivity contribution in [3.05, 3.63) is 11.8 Å². The lowest BCUT2D eigenvalue weighted by atomic mass is 9.84. The number of nitrogens with zero attached hydrogens (tertiary/aromatic N) is 1. The first-order valence-corrected chi connectivity index (χ1v) is 7.71. The predicted molar refractivity (Wildman–Crippen MR) is 68.3 cm³/mol. The van der Waals surface area contributed by atoms with E-state index in [2.05, 4.69) is 14.9 Å². The van der Waals surface area contributed by atoms with Gasteiger partial charge in [-0.15, -0.1) is 0 Å². The van der Waals surface area contributed by atoms with Gasteiger partial charge in [0.15, 0.2) is 5.03 Å². The van der Waals surface area contributed by atoms with Crippen LogP contribution in [0.1, 0.15) is 44.6 Å².